The Bertz CT molecular complexity index is 660. The van der Waals surface area contributed by atoms with Gasteiger partial charge in [0, 0.05) is 24.8 Å². The SMILES string of the molecule is Cl.O=C(Cn1cc(Br)c(=O)[nH]c1=O)N1C2CCNCC1CC2. The molecule has 1 amide bonds. The molecule has 0 saturated carbocycles. The summed E-state index contributed by atoms with van der Waals surface area (Å²) in [4.78, 5) is 39.8. The number of carbonyl (C=O) groups excluding carboxylic acids is 1. The van der Waals surface area contributed by atoms with Crippen molar-refractivity contribution in [3.05, 3.63) is 31.5 Å². The van der Waals surface area contributed by atoms with E-state index in [0.29, 0.717) is 0 Å². The van der Waals surface area contributed by atoms with Gasteiger partial charge >= 0.3 is 5.69 Å². The van der Waals surface area contributed by atoms with Crippen LogP contribution in [0.1, 0.15) is 19.3 Å². The van der Waals surface area contributed by atoms with Gasteiger partial charge in [-0.2, -0.15) is 0 Å². The maximum Gasteiger partial charge on any atom is 0.328 e. The average molecular weight is 394 g/mol. The van der Waals surface area contributed by atoms with Crippen molar-refractivity contribution in [2.45, 2.75) is 37.9 Å². The predicted molar refractivity (Wildman–Crippen MR) is 87.4 cm³/mol. The number of fused-ring (bicyclic) bond motifs is 2. The van der Waals surface area contributed by atoms with Crippen molar-refractivity contribution in [2.24, 2.45) is 0 Å². The summed E-state index contributed by atoms with van der Waals surface area (Å²) in [5.74, 6) is -0.0627. The normalized spacial score (nSPS) is 23.8. The maximum atomic E-state index is 12.6. The van der Waals surface area contributed by atoms with Gasteiger partial charge in [-0.05, 0) is 41.7 Å². The average Bonchev–Trinajstić information content (AvgIpc) is 2.69. The number of rotatable bonds is 2. The fraction of sp³-hybridized carbons (Fsp3) is 0.615. The van der Waals surface area contributed by atoms with Gasteiger partial charge in [0.2, 0.25) is 5.91 Å². The first-order chi connectivity index (χ1) is 10.1. The smallest absolute Gasteiger partial charge is 0.328 e. The van der Waals surface area contributed by atoms with Crippen LogP contribution >= 0.6 is 28.3 Å². The Labute approximate surface area is 141 Å². The van der Waals surface area contributed by atoms with E-state index in [9.17, 15) is 14.4 Å². The van der Waals surface area contributed by atoms with E-state index in [1.807, 2.05) is 4.90 Å². The lowest BCUT2D eigenvalue weighted by Crippen LogP contribution is -2.45. The summed E-state index contributed by atoms with van der Waals surface area (Å²) in [5.41, 5.74) is -1.04. The minimum Gasteiger partial charge on any atom is -0.334 e. The Hall–Kier alpha value is -1.12. The fourth-order valence-corrected chi connectivity index (χ4v) is 3.56. The van der Waals surface area contributed by atoms with E-state index in [2.05, 4.69) is 26.2 Å². The van der Waals surface area contributed by atoms with Crippen LogP contribution in [0, 0.1) is 0 Å². The predicted octanol–water partition coefficient (Wildman–Crippen LogP) is 0.0738. The second-order valence-corrected chi connectivity index (χ2v) is 6.40. The first-order valence-electron chi connectivity index (χ1n) is 7.07. The molecule has 122 valence electrons. The highest BCUT2D eigenvalue weighted by Gasteiger charge is 2.37. The van der Waals surface area contributed by atoms with E-state index in [1.54, 1.807) is 0 Å². The van der Waals surface area contributed by atoms with Crippen molar-refractivity contribution < 1.29 is 4.79 Å². The Balaban J connectivity index is 0.00000176. The number of H-pyrrole nitrogens is 1. The van der Waals surface area contributed by atoms with Crippen LogP contribution < -0.4 is 16.6 Å². The minimum absolute atomic E-state index is 0. The summed E-state index contributed by atoms with van der Waals surface area (Å²) < 4.78 is 1.49. The monoisotopic (exact) mass is 392 g/mol. The lowest BCUT2D eigenvalue weighted by Gasteiger charge is -2.28. The van der Waals surface area contributed by atoms with Crippen LogP contribution in [0.2, 0.25) is 0 Å². The molecular weight excluding hydrogens is 376 g/mol. The van der Waals surface area contributed by atoms with Gasteiger partial charge in [0.15, 0.2) is 0 Å². The van der Waals surface area contributed by atoms with Crippen LogP contribution in [-0.4, -0.2) is 45.5 Å². The number of nitrogens with zero attached hydrogens (tertiary/aromatic N) is 2. The Kier molecular flexibility index (Phi) is 5.46. The highest BCUT2D eigenvalue weighted by Crippen LogP contribution is 2.28. The van der Waals surface area contributed by atoms with Gasteiger partial charge in [0.05, 0.1) is 4.47 Å². The van der Waals surface area contributed by atoms with Crippen LogP contribution in [0.5, 0.6) is 0 Å². The first-order valence-corrected chi connectivity index (χ1v) is 7.86. The molecule has 9 heteroatoms. The molecule has 0 spiro atoms. The second-order valence-electron chi connectivity index (χ2n) is 5.54. The lowest BCUT2D eigenvalue weighted by atomic mass is 10.1. The number of hydrogen-bond donors (Lipinski definition) is 2. The summed E-state index contributed by atoms with van der Waals surface area (Å²) in [5, 5.41) is 3.34. The molecule has 1 aromatic heterocycles. The van der Waals surface area contributed by atoms with Crippen molar-refractivity contribution >= 4 is 34.2 Å². The molecule has 2 aliphatic rings. The molecular formula is C13H18BrClN4O3. The van der Waals surface area contributed by atoms with E-state index in [4.69, 9.17) is 0 Å². The van der Waals surface area contributed by atoms with Crippen molar-refractivity contribution in [1.29, 1.82) is 0 Å². The molecule has 0 aromatic carbocycles. The third-order valence-electron chi connectivity index (χ3n) is 4.22. The van der Waals surface area contributed by atoms with Crippen molar-refractivity contribution in [2.75, 3.05) is 13.1 Å². The number of aromatic nitrogens is 2. The summed E-state index contributed by atoms with van der Waals surface area (Å²) in [6.45, 7) is 1.70. The molecule has 2 saturated heterocycles. The van der Waals surface area contributed by atoms with E-state index in [0.717, 1.165) is 32.4 Å². The molecule has 2 atom stereocenters. The number of hydrogen-bond acceptors (Lipinski definition) is 4. The third kappa shape index (κ3) is 3.28. The molecule has 3 rings (SSSR count). The maximum absolute atomic E-state index is 12.6. The van der Waals surface area contributed by atoms with E-state index >= 15 is 0 Å². The van der Waals surface area contributed by atoms with Gasteiger partial charge in [-0.25, -0.2) is 4.79 Å². The zero-order valence-corrected chi connectivity index (χ0v) is 14.3. The third-order valence-corrected chi connectivity index (χ3v) is 4.78. The second kappa shape index (κ2) is 6.97. The van der Waals surface area contributed by atoms with E-state index in [-0.39, 0.29) is 41.4 Å². The van der Waals surface area contributed by atoms with Gasteiger partial charge in [0.25, 0.3) is 5.56 Å². The molecule has 2 N–H and O–H groups in total. The summed E-state index contributed by atoms with van der Waals surface area (Å²) in [6.07, 6.45) is 4.36. The zero-order chi connectivity index (χ0) is 15.0. The van der Waals surface area contributed by atoms with Gasteiger partial charge in [-0.15, -0.1) is 12.4 Å². The van der Waals surface area contributed by atoms with E-state index in [1.165, 1.54) is 10.8 Å². The Morgan fingerprint density at radius 3 is 2.77 bits per heavy atom. The number of amides is 1. The van der Waals surface area contributed by atoms with Gasteiger partial charge in [-0.1, -0.05) is 0 Å². The van der Waals surface area contributed by atoms with Gasteiger partial charge in [-0.3, -0.25) is 19.1 Å². The molecule has 0 radical (unpaired) electrons. The fourth-order valence-electron chi connectivity index (χ4n) is 3.22. The molecule has 22 heavy (non-hydrogen) atoms. The summed E-state index contributed by atoms with van der Waals surface area (Å²) >= 11 is 3.08. The molecule has 0 aliphatic carbocycles. The Morgan fingerprint density at radius 2 is 2.00 bits per heavy atom. The highest BCUT2D eigenvalue weighted by atomic mass is 79.9. The van der Waals surface area contributed by atoms with Gasteiger partial charge in [0.1, 0.15) is 6.54 Å². The molecule has 1 aromatic rings. The van der Waals surface area contributed by atoms with Crippen molar-refractivity contribution in [3.8, 4) is 0 Å². The molecule has 2 unspecified atom stereocenters. The summed E-state index contributed by atoms with van der Waals surface area (Å²) in [7, 11) is 0. The van der Waals surface area contributed by atoms with Crippen LogP contribution in [0.25, 0.3) is 0 Å². The minimum atomic E-state index is -0.558. The van der Waals surface area contributed by atoms with Crippen LogP contribution in [0.15, 0.2) is 20.3 Å². The van der Waals surface area contributed by atoms with Crippen molar-refractivity contribution in [1.82, 2.24) is 19.8 Å². The van der Waals surface area contributed by atoms with Crippen molar-refractivity contribution in [3.63, 3.8) is 0 Å². The number of aromatic amines is 1. The summed E-state index contributed by atoms with van der Waals surface area (Å²) in [6, 6.07) is 0.478. The van der Waals surface area contributed by atoms with Crippen LogP contribution in [0.4, 0.5) is 0 Å². The first kappa shape index (κ1) is 17.2. The quantitative estimate of drug-likeness (QED) is 0.745. The number of carbonyl (C=O) groups is 1. The van der Waals surface area contributed by atoms with Crippen LogP contribution in [0.3, 0.4) is 0 Å². The topological polar surface area (TPSA) is 87.2 Å². The molecule has 2 bridgehead atoms. The Morgan fingerprint density at radius 1 is 1.27 bits per heavy atom. The van der Waals surface area contributed by atoms with Gasteiger partial charge < -0.3 is 10.2 Å². The lowest BCUT2D eigenvalue weighted by molar-refractivity contribution is -0.134. The molecule has 7 nitrogen and oxygen atoms in total. The zero-order valence-electron chi connectivity index (χ0n) is 11.9. The van der Waals surface area contributed by atoms with Crippen LogP contribution in [-0.2, 0) is 11.3 Å². The number of halogens is 2. The largest absolute Gasteiger partial charge is 0.334 e. The standard InChI is InChI=1S/C13H17BrN4O3.ClH/c14-10-6-17(13(21)16-12(10)20)7-11(19)18-8-1-2-9(18)5-15-4-3-8;/h6,8-9,15H,1-5,7H2,(H,16,20,21);1H. The molecule has 3 heterocycles. The number of nitrogens with one attached hydrogen (secondary N) is 2. The molecule has 2 aliphatic heterocycles. The van der Waals surface area contributed by atoms with E-state index < -0.39 is 11.2 Å². The highest BCUT2D eigenvalue weighted by molar-refractivity contribution is 9.10. The molecule has 2 fully saturated rings.